The van der Waals surface area contributed by atoms with Crippen molar-refractivity contribution in [3.05, 3.63) is 54.0 Å². The van der Waals surface area contributed by atoms with Gasteiger partial charge in [0.05, 0.1) is 23.9 Å². The molecule has 2 aliphatic heterocycles. The molecule has 0 bridgehead atoms. The Morgan fingerprint density at radius 2 is 2.14 bits per heavy atom. The number of likely N-dealkylation sites (N-methyl/N-ethyl adjacent to an activating group) is 1. The van der Waals surface area contributed by atoms with Gasteiger partial charge in [-0.25, -0.2) is 4.39 Å². The molecule has 1 saturated carbocycles. The minimum absolute atomic E-state index is 0.121. The van der Waals surface area contributed by atoms with Gasteiger partial charge in [0.1, 0.15) is 23.6 Å². The minimum atomic E-state index is -0.481. The molecule has 9 nitrogen and oxygen atoms in total. The van der Waals surface area contributed by atoms with Gasteiger partial charge in [-0.2, -0.15) is 15.2 Å². The average molecular weight is 568 g/mol. The number of anilines is 1. The summed E-state index contributed by atoms with van der Waals surface area (Å²) in [5.41, 5.74) is 3.84. The van der Waals surface area contributed by atoms with Gasteiger partial charge in [0.2, 0.25) is 5.91 Å². The van der Waals surface area contributed by atoms with E-state index in [9.17, 15) is 10.1 Å². The van der Waals surface area contributed by atoms with Gasteiger partial charge in [0.25, 0.3) is 0 Å². The summed E-state index contributed by atoms with van der Waals surface area (Å²) in [5, 5.41) is 9.96. The number of carbonyl (C=O) groups is 1. The van der Waals surface area contributed by atoms with Crippen LogP contribution in [0.4, 0.5) is 10.2 Å². The summed E-state index contributed by atoms with van der Waals surface area (Å²) >= 11 is 0. The first-order valence-electron chi connectivity index (χ1n) is 14.8. The van der Waals surface area contributed by atoms with Gasteiger partial charge >= 0.3 is 6.01 Å². The Bertz CT molecular complexity index is 1620. The first-order chi connectivity index (χ1) is 20.5. The van der Waals surface area contributed by atoms with Gasteiger partial charge in [0, 0.05) is 37.4 Å². The molecule has 0 N–H and O–H groups in total. The first kappa shape index (κ1) is 26.8. The van der Waals surface area contributed by atoms with Crippen LogP contribution in [0.25, 0.3) is 22.2 Å². The largest absolute Gasteiger partial charge is 0.462 e. The second-order valence-corrected chi connectivity index (χ2v) is 12.0. The molecule has 1 amide bonds. The smallest absolute Gasteiger partial charge is 0.319 e. The van der Waals surface area contributed by atoms with E-state index in [-0.39, 0.29) is 35.9 Å². The van der Waals surface area contributed by atoms with Crippen LogP contribution >= 0.6 is 0 Å². The van der Waals surface area contributed by atoms with Crippen LogP contribution < -0.4 is 9.64 Å². The third-order valence-corrected chi connectivity index (χ3v) is 9.51. The Morgan fingerprint density at radius 3 is 2.93 bits per heavy atom. The average Bonchev–Trinajstić information content (AvgIpc) is 3.48. The summed E-state index contributed by atoms with van der Waals surface area (Å²) in [7, 11) is 2.08. The first-order valence-corrected chi connectivity index (χ1v) is 14.8. The number of ether oxygens (including phenoxy) is 1. The van der Waals surface area contributed by atoms with E-state index < -0.39 is 5.82 Å². The number of piperazine rings is 1. The summed E-state index contributed by atoms with van der Waals surface area (Å²) < 4.78 is 22.7. The second kappa shape index (κ2) is 10.6. The predicted octanol–water partition coefficient (Wildman–Crippen LogP) is 4.08. The number of amides is 1. The molecule has 4 atom stereocenters. The van der Waals surface area contributed by atoms with Crippen molar-refractivity contribution in [2.24, 2.45) is 5.92 Å². The number of nitrogens with zero attached hydrogens (tertiary/aromatic N) is 7. The number of aromatic nitrogens is 3. The van der Waals surface area contributed by atoms with Crippen LogP contribution in [-0.4, -0.2) is 82.6 Å². The molecule has 0 radical (unpaired) electrons. The van der Waals surface area contributed by atoms with Crippen LogP contribution in [0.2, 0.25) is 0 Å². The third kappa shape index (κ3) is 4.56. The highest BCUT2D eigenvalue weighted by atomic mass is 19.1. The topological polar surface area (TPSA) is 98.5 Å². The van der Waals surface area contributed by atoms with E-state index in [4.69, 9.17) is 9.72 Å². The fourth-order valence-corrected chi connectivity index (χ4v) is 7.16. The molecule has 216 valence electrons. The van der Waals surface area contributed by atoms with E-state index in [1.807, 2.05) is 17.0 Å². The molecule has 3 aromatic rings. The fraction of sp³-hybridized carbons (Fsp3) is 0.469. The number of likely N-dealkylation sites (tertiary alicyclic amines) is 1. The Balaban J connectivity index is 1.30. The lowest BCUT2D eigenvalue weighted by Crippen LogP contribution is -2.55. The van der Waals surface area contributed by atoms with Crippen molar-refractivity contribution < 1.29 is 13.9 Å². The quantitative estimate of drug-likeness (QED) is 0.394. The number of hydrogen-bond acceptors (Lipinski definition) is 8. The maximum absolute atomic E-state index is 16.6. The summed E-state index contributed by atoms with van der Waals surface area (Å²) in [4.78, 5) is 32.5. The number of carbonyl (C=O) groups excluding carboxylic acids is 1. The Hall–Kier alpha value is -4.10. The van der Waals surface area contributed by atoms with E-state index in [0.717, 1.165) is 37.8 Å². The summed E-state index contributed by atoms with van der Waals surface area (Å²) in [6.45, 7) is 6.24. The van der Waals surface area contributed by atoms with E-state index >= 15 is 4.39 Å². The van der Waals surface area contributed by atoms with Gasteiger partial charge in [-0.15, -0.1) is 0 Å². The van der Waals surface area contributed by atoms with Gasteiger partial charge in [-0.05, 0) is 68.3 Å². The highest BCUT2D eigenvalue weighted by Gasteiger charge is 2.46. The molecule has 2 aromatic heterocycles. The monoisotopic (exact) mass is 567 g/mol. The predicted molar refractivity (Wildman–Crippen MR) is 157 cm³/mol. The van der Waals surface area contributed by atoms with Gasteiger partial charge in [-0.1, -0.05) is 24.8 Å². The maximum Gasteiger partial charge on any atom is 0.319 e. The van der Waals surface area contributed by atoms with E-state index in [1.54, 1.807) is 11.1 Å². The van der Waals surface area contributed by atoms with Crippen LogP contribution in [0.3, 0.4) is 0 Å². The Morgan fingerprint density at radius 1 is 1.26 bits per heavy atom. The van der Waals surface area contributed by atoms with Crippen LogP contribution in [0, 0.1) is 23.1 Å². The lowest BCUT2D eigenvalue weighted by atomic mass is 9.96. The number of halogens is 1. The zero-order chi connectivity index (χ0) is 29.0. The van der Waals surface area contributed by atoms with Crippen molar-refractivity contribution in [2.45, 2.75) is 50.1 Å². The zero-order valence-electron chi connectivity index (χ0n) is 23.8. The molecule has 0 spiro atoms. The molecule has 3 fully saturated rings. The molecule has 10 heteroatoms. The number of nitriles is 1. The molecule has 1 aromatic carbocycles. The summed E-state index contributed by atoms with van der Waals surface area (Å²) in [6.07, 6.45) is 7.43. The van der Waals surface area contributed by atoms with Crippen molar-refractivity contribution >= 4 is 22.6 Å². The number of hydrogen-bond donors (Lipinski definition) is 0. The van der Waals surface area contributed by atoms with Crippen molar-refractivity contribution in [2.75, 3.05) is 44.7 Å². The van der Waals surface area contributed by atoms with Crippen molar-refractivity contribution in [1.82, 2.24) is 24.8 Å². The van der Waals surface area contributed by atoms with Gasteiger partial charge in [-0.3, -0.25) is 9.78 Å². The summed E-state index contributed by atoms with van der Waals surface area (Å²) in [5.74, 6) is 0.966. The molecule has 2 aliphatic carbocycles. The fourth-order valence-electron chi connectivity index (χ4n) is 7.16. The highest BCUT2D eigenvalue weighted by Crippen LogP contribution is 2.58. The maximum atomic E-state index is 16.6. The molecule has 7 rings (SSSR count). The van der Waals surface area contributed by atoms with Crippen LogP contribution in [0.5, 0.6) is 6.01 Å². The molecule has 4 heterocycles. The zero-order valence-corrected chi connectivity index (χ0v) is 23.8. The molecular formula is C32H34FN7O2. The van der Waals surface area contributed by atoms with Gasteiger partial charge in [0.15, 0.2) is 5.82 Å². The number of rotatable bonds is 7. The van der Waals surface area contributed by atoms with Gasteiger partial charge < -0.3 is 19.4 Å². The lowest BCUT2D eigenvalue weighted by Gasteiger charge is -2.41. The summed E-state index contributed by atoms with van der Waals surface area (Å²) in [6, 6.07) is 8.31. The van der Waals surface area contributed by atoms with Crippen molar-refractivity contribution in [3.63, 3.8) is 0 Å². The minimum Gasteiger partial charge on any atom is -0.462 e. The van der Waals surface area contributed by atoms with E-state index in [2.05, 4.69) is 40.6 Å². The number of pyridine rings is 1. The van der Waals surface area contributed by atoms with Crippen LogP contribution in [0.1, 0.15) is 42.7 Å². The van der Waals surface area contributed by atoms with E-state index in [0.29, 0.717) is 55.0 Å². The SMILES string of the molecule is C=CC(=O)N1CCN(c2nc(OC[C@@H]3CCCN3C)nc3c(F)c(-c4cccc5c4C4CC4C5)ncc23)C[C@@H]1CC#N. The Kier molecular flexibility index (Phi) is 6.77. The molecule has 42 heavy (non-hydrogen) atoms. The Labute approximate surface area is 244 Å². The standard InChI is InChI=1S/C32H34FN7O2/c1-3-26(41)40-13-12-39(17-21(40)9-10-34)31-25-16-35-29(23-8-4-6-19-14-20-15-24(20)27(19)23)28(33)30(25)36-32(37-31)42-18-22-7-5-11-38(22)2/h3-4,6,8,16,20-22,24H,1,5,7,9,11-15,17-18H2,2H3/t20?,21-,22-,24?/m0/s1. The second-order valence-electron chi connectivity index (χ2n) is 12.0. The molecule has 2 unspecified atom stereocenters. The molecule has 4 aliphatic rings. The van der Waals surface area contributed by atoms with Crippen molar-refractivity contribution in [1.29, 1.82) is 5.26 Å². The molecular weight excluding hydrogens is 533 g/mol. The van der Waals surface area contributed by atoms with E-state index in [1.165, 1.54) is 17.2 Å². The third-order valence-electron chi connectivity index (χ3n) is 9.51. The number of fused-ring (bicyclic) bond motifs is 4. The van der Waals surface area contributed by atoms with Crippen molar-refractivity contribution in [3.8, 4) is 23.3 Å². The number of benzene rings is 1. The van der Waals surface area contributed by atoms with Crippen LogP contribution in [0.15, 0.2) is 37.1 Å². The lowest BCUT2D eigenvalue weighted by molar-refractivity contribution is -0.128. The normalized spacial score (nSPS) is 24.8. The van der Waals surface area contributed by atoms with Crippen LogP contribution in [-0.2, 0) is 11.2 Å². The highest BCUT2D eigenvalue weighted by molar-refractivity contribution is 5.93. The molecule has 2 saturated heterocycles.